The first-order valence-electron chi connectivity index (χ1n) is 7.69. The molecular formula is C19H17NO4. The Morgan fingerprint density at radius 1 is 1.08 bits per heavy atom. The van der Waals surface area contributed by atoms with Crippen LogP contribution in [0.5, 0.6) is 0 Å². The molecule has 122 valence electrons. The summed E-state index contributed by atoms with van der Waals surface area (Å²) in [5.41, 5.74) is 2.24. The van der Waals surface area contributed by atoms with Gasteiger partial charge >= 0.3 is 11.7 Å². The summed E-state index contributed by atoms with van der Waals surface area (Å²) in [5.74, 6) is -0.233. The predicted octanol–water partition coefficient (Wildman–Crippen LogP) is 3.33. The van der Waals surface area contributed by atoms with Gasteiger partial charge in [0.2, 0.25) is 0 Å². The zero-order valence-corrected chi connectivity index (χ0v) is 13.3. The number of oxazole rings is 1. The highest BCUT2D eigenvalue weighted by molar-refractivity contribution is 5.89. The van der Waals surface area contributed by atoms with Crippen molar-refractivity contribution in [3.63, 3.8) is 0 Å². The first-order chi connectivity index (χ1) is 11.7. The summed E-state index contributed by atoms with van der Waals surface area (Å²) in [4.78, 5) is 23.6. The van der Waals surface area contributed by atoms with Gasteiger partial charge in [-0.2, -0.15) is 0 Å². The van der Waals surface area contributed by atoms with Crippen LogP contribution in [-0.2, 0) is 11.3 Å². The highest BCUT2D eigenvalue weighted by Crippen LogP contribution is 2.17. The number of hydrogen-bond donors (Lipinski definition) is 0. The summed E-state index contributed by atoms with van der Waals surface area (Å²) in [7, 11) is 0. The summed E-state index contributed by atoms with van der Waals surface area (Å²) in [5, 5.41) is 0. The van der Waals surface area contributed by atoms with E-state index in [1.54, 1.807) is 37.4 Å². The fourth-order valence-electron chi connectivity index (χ4n) is 2.38. The lowest BCUT2D eigenvalue weighted by molar-refractivity contribution is 0.0526. The molecule has 1 heterocycles. The van der Waals surface area contributed by atoms with E-state index in [-0.39, 0.29) is 5.97 Å². The summed E-state index contributed by atoms with van der Waals surface area (Å²) >= 11 is 0. The standard InChI is InChI=1S/C19H17NO4/c1-2-23-18(21)16-10-8-14(9-11-16)12-20-13-17(24-19(20)22)15-6-4-3-5-7-15/h3-11,13H,2,12H2,1H3. The van der Waals surface area contributed by atoms with Crippen molar-refractivity contribution >= 4 is 5.97 Å². The second kappa shape index (κ2) is 7.00. The van der Waals surface area contributed by atoms with E-state index in [4.69, 9.17) is 9.15 Å². The van der Waals surface area contributed by atoms with E-state index >= 15 is 0 Å². The molecule has 0 bridgehead atoms. The molecule has 0 aliphatic rings. The number of aromatic nitrogens is 1. The number of ether oxygens (including phenoxy) is 1. The molecule has 1 aromatic heterocycles. The fraction of sp³-hybridized carbons (Fsp3) is 0.158. The molecule has 2 aromatic carbocycles. The molecule has 0 spiro atoms. The smallest absolute Gasteiger partial charge is 0.419 e. The van der Waals surface area contributed by atoms with Gasteiger partial charge < -0.3 is 9.15 Å². The lowest BCUT2D eigenvalue weighted by Gasteiger charge is -2.04. The molecule has 24 heavy (non-hydrogen) atoms. The van der Waals surface area contributed by atoms with Crippen LogP contribution in [0.1, 0.15) is 22.8 Å². The lowest BCUT2D eigenvalue weighted by Crippen LogP contribution is -2.14. The van der Waals surface area contributed by atoms with Crippen molar-refractivity contribution in [1.29, 1.82) is 0 Å². The third-order valence-corrected chi connectivity index (χ3v) is 3.58. The number of esters is 1. The average molecular weight is 323 g/mol. The highest BCUT2D eigenvalue weighted by atomic mass is 16.5. The van der Waals surface area contributed by atoms with Gasteiger partial charge in [0.1, 0.15) is 0 Å². The van der Waals surface area contributed by atoms with Crippen LogP contribution in [0.4, 0.5) is 0 Å². The Labute approximate surface area is 139 Å². The molecule has 0 amide bonds. The van der Waals surface area contributed by atoms with Crippen LogP contribution in [0, 0.1) is 0 Å². The first kappa shape index (κ1) is 15.8. The Balaban J connectivity index is 1.78. The fourth-order valence-corrected chi connectivity index (χ4v) is 2.38. The molecule has 0 N–H and O–H groups in total. The number of carbonyl (C=O) groups is 1. The Bertz CT molecular complexity index is 876. The zero-order valence-electron chi connectivity index (χ0n) is 13.3. The van der Waals surface area contributed by atoms with Crippen molar-refractivity contribution in [2.45, 2.75) is 13.5 Å². The topological polar surface area (TPSA) is 61.4 Å². The summed E-state index contributed by atoms with van der Waals surface area (Å²) in [6.07, 6.45) is 1.69. The van der Waals surface area contributed by atoms with Crippen molar-refractivity contribution in [3.8, 4) is 11.3 Å². The van der Waals surface area contributed by atoms with Gasteiger partial charge in [-0.05, 0) is 24.6 Å². The van der Waals surface area contributed by atoms with Crippen LogP contribution < -0.4 is 5.76 Å². The van der Waals surface area contributed by atoms with Crippen LogP contribution in [0.25, 0.3) is 11.3 Å². The van der Waals surface area contributed by atoms with Gasteiger partial charge in [0, 0.05) is 5.56 Å². The molecule has 5 nitrogen and oxygen atoms in total. The minimum atomic E-state index is -0.414. The molecule has 0 radical (unpaired) electrons. The van der Waals surface area contributed by atoms with Gasteiger partial charge in [-0.3, -0.25) is 4.57 Å². The van der Waals surface area contributed by atoms with E-state index in [1.807, 2.05) is 30.3 Å². The molecule has 0 atom stereocenters. The Morgan fingerprint density at radius 2 is 1.79 bits per heavy atom. The second-order valence-corrected chi connectivity index (χ2v) is 5.27. The molecule has 5 heteroatoms. The largest absolute Gasteiger partial charge is 0.462 e. The maximum atomic E-state index is 12.0. The van der Waals surface area contributed by atoms with Crippen LogP contribution in [0.2, 0.25) is 0 Å². The number of hydrogen-bond acceptors (Lipinski definition) is 4. The van der Waals surface area contributed by atoms with Gasteiger partial charge in [-0.25, -0.2) is 9.59 Å². The molecule has 3 aromatic rings. The lowest BCUT2D eigenvalue weighted by atomic mass is 10.1. The van der Waals surface area contributed by atoms with Crippen molar-refractivity contribution < 1.29 is 13.9 Å². The minimum absolute atomic E-state index is 0.341. The third-order valence-electron chi connectivity index (χ3n) is 3.58. The summed E-state index contributed by atoms with van der Waals surface area (Å²) < 4.78 is 11.8. The van der Waals surface area contributed by atoms with Gasteiger partial charge in [0.25, 0.3) is 0 Å². The quantitative estimate of drug-likeness (QED) is 0.676. The van der Waals surface area contributed by atoms with Crippen LogP contribution in [-0.4, -0.2) is 17.1 Å². The van der Waals surface area contributed by atoms with Crippen molar-refractivity contribution in [3.05, 3.63) is 82.5 Å². The van der Waals surface area contributed by atoms with Gasteiger partial charge in [0.15, 0.2) is 5.76 Å². The molecule has 0 aliphatic heterocycles. The van der Waals surface area contributed by atoms with Crippen molar-refractivity contribution in [2.75, 3.05) is 6.61 Å². The monoisotopic (exact) mass is 323 g/mol. The Morgan fingerprint density at radius 3 is 2.46 bits per heavy atom. The number of nitrogens with zero attached hydrogens (tertiary/aromatic N) is 1. The minimum Gasteiger partial charge on any atom is -0.462 e. The second-order valence-electron chi connectivity index (χ2n) is 5.27. The number of rotatable bonds is 5. The van der Waals surface area contributed by atoms with E-state index in [9.17, 15) is 9.59 Å². The maximum absolute atomic E-state index is 12.0. The van der Waals surface area contributed by atoms with E-state index in [0.717, 1.165) is 11.1 Å². The van der Waals surface area contributed by atoms with Crippen molar-refractivity contribution in [1.82, 2.24) is 4.57 Å². The van der Waals surface area contributed by atoms with Crippen LogP contribution >= 0.6 is 0 Å². The van der Waals surface area contributed by atoms with Crippen LogP contribution in [0.3, 0.4) is 0 Å². The first-order valence-corrected chi connectivity index (χ1v) is 7.69. The average Bonchev–Trinajstić information content (AvgIpc) is 2.97. The zero-order chi connectivity index (χ0) is 16.9. The SMILES string of the molecule is CCOC(=O)c1ccc(Cn2cc(-c3ccccc3)oc2=O)cc1. The molecule has 0 unspecified atom stereocenters. The normalized spacial score (nSPS) is 10.5. The van der Waals surface area contributed by atoms with Gasteiger partial charge in [0.05, 0.1) is 24.9 Å². The number of carbonyl (C=O) groups excluding carboxylic acids is 1. The van der Waals surface area contributed by atoms with Gasteiger partial charge in [-0.1, -0.05) is 42.5 Å². The maximum Gasteiger partial charge on any atom is 0.419 e. The van der Waals surface area contributed by atoms with E-state index in [0.29, 0.717) is 24.5 Å². The Hall–Kier alpha value is -3.08. The van der Waals surface area contributed by atoms with Crippen LogP contribution in [0.15, 0.2) is 70.0 Å². The van der Waals surface area contributed by atoms with E-state index in [1.165, 1.54) is 4.57 Å². The molecular weight excluding hydrogens is 306 g/mol. The molecule has 0 saturated heterocycles. The van der Waals surface area contributed by atoms with E-state index < -0.39 is 5.76 Å². The molecule has 0 fully saturated rings. The predicted molar refractivity (Wildman–Crippen MR) is 89.9 cm³/mol. The van der Waals surface area contributed by atoms with E-state index in [2.05, 4.69) is 0 Å². The molecule has 0 aliphatic carbocycles. The summed E-state index contributed by atoms with van der Waals surface area (Å²) in [6.45, 7) is 2.48. The Kier molecular flexibility index (Phi) is 4.61. The summed E-state index contributed by atoms with van der Waals surface area (Å²) in [6, 6.07) is 16.4. The van der Waals surface area contributed by atoms with Gasteiger partial charge in [-0.15, -0.1) is 0 Å². The third kappa shape index (κ3) is 3.46. The molecule has 0 saturated carbocycles. The van der Waals surface area contributed by atoms with Crippen molar-refractivity contribution in [2.24, 2.45) is 0 Å². The molecule has 3 rings (SSSR count). The highest BCUT2D eigenvalue weighted by Gasteiger charge is 2.09. The number of benzene rings is 2.